The zero-order valence-corrected chi connectivity index (χ0v) is 10.9. The Kier molecular flexibility index (Phi) is 3.82. The van der Waals surface area contributed by atoms with Gasteiger partial charge in [0.15, 0.2) is 5.78 Å². The standard InChI is InChI=1S/C12H7Cl2FOS/c13-8-2-1-7(9(15)6-8)5-10(16)11-3-4-12(14)17-11/h1-4,6H,5H2. The molecule has 0 saturated heterocycles. The number of benzene rings is 1. The summed E-state index contributed by atoms with van der Waals surface area (Å²) in [6, 6.07) is 7.58. The van der Waals surface area contributed by atoms with Crippen LogP contribution in [0, 0.1) is 5.82 Å². The van der Waals surface area contributed by atoms with Crippen LogP contribution in [0.5, 0.6) is 0 Å². The van der Waals surface area contributed by atoms with Gasteiger partial charge in [-0.1, -0.05) is 29.3 Å². The zero-order valence-electron chi connectivity index (χ0n) is 8.54. The number of carbonyl (C=O) groups is 1. The summed E-state index contributed by atoms with van der Waals surface area (Å²) in [7, 11) is 0. The first-order chi connectivity index (χ1) is 8.06. The first-order valence-electron chi connectivity index (χ1n) is 4.79. The van der Waals surface area contributed by atoms with Gasteiger partial charge >= 0.3 is 0 Å². The van der Waals surface area contributed by atoms with Gasteiger partial charge in [-0.2, -0.15) is 0 Å². The fourth-order valence-corrected chi connectivity index (χ4v) is 2.53. The predicted octanol–water partition coefficient (Wildman–Crippen LogP) is 4.62. The molecule has 0 amide bonds. The van der Waals surface area contributed by atoms with Crippen LogP contribution in [0.3, 0.4) is 0 Å². The van der Waals surface area contributed by atoms with E-state index in [0.29, 0.717) is 19.8 Å². The van der Waals surface area contributed by atoms with Crippen LogP contribution in [0.15, 0.2) is 30.3 Å². The predicted molar refractivity (Wildman–Crippen MR) is 68.8 cm³/mol. The number of rotatable bonds is 3. The summed E-state index contributed by atoms with van der Waals surface area (Å²) in [5.41, 5.74) is 0.337. The molecule has 1 nitrogen and oxygen atoms in total. The highest BCUT2D eigenvalue weighted by Crippen LogP contribution is 2.23. The van der Waals surface area contributed by atoms with Crippen LogP contribution < -0.4 is 0 Å². The largest absolute Gasteiger partial charge is 0.293 e. The first kappa shape index (κ1) is 12.6. The van der Waals surface area contributed by atoms with E-state index in [-0.39, 0.29) is 12.2 Å². The molecule has 0 unspecified atom stereocenters. The molecule has 88 valence electrons. The van der Waals surface area contributed by atoms with Crippen molar-refractivity contribution in [3.8, 4) is 0 Å². The average Bonchev–Trinajstić information content (AvgIpc) is 2.69. The molecule has 0 spiro atoms. The molecular weight excluding hydrogens is 282 g/mol. The highest BCUT2D eigenvalue weighted by Gasteiger charge is 2.12. The minimum absolute atomic E-state index is 0.0137. The molecule has 0 aliphatic carbocycles. The number of Topliss-reactive ketones (excluding diaryl/α,β-unsaturated/α-hetero) is 1. The maximum absolute atomic E-state index is 13.5. The van der Waals surface area contributed by atoms with E-state index in [4.69, 9.17) is 23.2 Å². The molecule has 0 fully saturated rings. The molecule has 0 bridgehead atoms. The van der Waals surface area contributed by atoms with E-state index < -0.39 is 5.82 Å². The quantitative estimate of drug-likeness (QED) is 0.753. The number of hydrogen-bond acceptors (Lipinski definition) is 2. The Morgan fingerprint density at radius 2 is 2.00 bits per heavy atom. The second-order valence-corrected chi connectivity index (χ2v) is 5.59. The van der Waals surface area contributed by atoms with Crippen LogP contribution in [-0.2, 0) is 6.42 Å². The van der Waals surface area contributed by atoms with Crippen LogP contribution in [0.4, 0.5) is 4.39 Å². The van der Waals surface area contributed by atoms with Crippen molar-refractivity contribution in [2.45, 2.75) is 6.42 Å². The van der Waals surface area contributed by atoms with E-state index in [9.17, 15) is 9.18 Å². The van der Waals surface area contributed by atoms with E-state index in [1.807, 2.05) is 0 Å². The van der Waals surface area contributed by atoms with Gasteiger partial charge in [0.1, 0.15) is 5.82 Å². The van der Waals surface area contributed by atoms with Crippen molar-refractivity contribution >= 4 is 40.3 Å². The fourth-order valence-electron chi connectivity index (χ4n) is 1.39. The maximum Gasteiger partial charge on any atom is 0.177 e. The lowest BCUT2D eigenvalue weighted by atomic mass is 10.1. The molecular formula is C12H7Cl2FOS. The summed E-state index contributed by atoms with van der Waals surface area (Å²) in [6.07, 6.45) is 0.0137. The molecule has 17 heavy (non-hydrogen) atoms. The van der Waals surface area contributed by atoms with Crippen molar-refractivity contribution in [2.24, 2.45) is 0 Å². The number of hydrogen-bond donors (Lipinski definition) is 0. The third kappa shape index (κ3) is 3.06. The van der Waals surface area contributed by atoms with Gasteiger partial charge in [0, 0.05) is 11.4 Å². The lowest BCUT2D eigenvalue weighted by Crippen LogP contribution is -2.03. The van der Waals surface area contributed by atoms with Gasteiger partial charge in [-0.15, -0.1) is 11.3 Å². The van der Waals surface area contributed by atoms with Crippen molar-refractivity contribution in [1.29, 1.82) is 0 Å². The molecule has 0 aliphatic heterocycles. The molecule has 0 saturated carbocycles. The Bertz CT molecular complexity index is 565. The van der Waals surface area contributed by atoms with Gasteiger partial charge in [-0.05, 0) is 29.8 Å². The smallest absolute Gasteiger partial charge is 0.177 e. The molecule has 5 heteroatoms. The van der Waals surface area contributed by atoms with Crippen LogP contribution in [0.1, 0.15) is 15.2 Å². The third-order valence-electron chi connectivity index (χ3n) is 2.21. The first-order valence-corrected chi connectivity index (χ1v) is 6.36. The van der Waals surface area contributed by atoms with Crippen molar-refractivity contribution in [1.82, 2.24) is 0 Å². The summed E-state index contributed by atoms with van der Waals surface area (Å²) < 4.78 is 14.0. The Balaban J connectivity index is 2.18. The minimum Gasteiger partial charge on any atom is -0.293 e. The second kappa shape index (κ2) is 5.17. The monoisotopic (exact) mass is 288 g/mol. The minimum atomic E-state index is -0.464. The molecule has 2 aromatic rings. The van der Waals surface area contributed by atoms with Gasteiger partial charge in [0.2, 0.25) is 0 Å². The number of thiophene rings is 1. The number of halogens is 3. The fraction of sp³-hybridized carbons (Fsp3) is 0.0833. The lowest BCUT2D eigenvalue weighted by molar-refractivity contribution is 0.0995. The molecule has 1 heterocycles. The van der Waals surface area contributed by atoms with E-state index >= 15 is 0 Å². The topological polar surface area (TPSA) is 17.1 Å². The summed E-state index contributed by atoms with van der Waals surface area (Å²) in [5.74, 6) is -0.614. The van der Waals surface area contributed by atoms with Gasteiger partial charge in [-0.3, -0.25) is 4.79 Å². The van der Waals surface area contributed by atoms with E-state index in [2.05, 4.69) is 0 Å². The van der Waals surface area contributed by atoms with Crippen LogP contribution in [0.25, 0.3) is 0 Å². The summed E-state index contributed by atoms with van der Waals surface area (Å²) in [4.78, 5) is 12.3. The van der Waals surface area contributed by atoms with Crippen molar-refractivity contribution < 1.29 is 9.18 Å². The molecule has 0 N–H and O–H groups in total. The molecule has 2 rings (SSSR count). The van der Waals surface area contributed by atoms with Crippen molar-refractivity contribution in [3.05, 3.63) is 55.9 Å². The Morgan fingerprint density at radius 3 is 2.59 bits per heavy atom. The van der Waals surface area contributed by atoms with Gasteiger partial charge in [0.25, 0.3) is 0 Å². The lowest BCUT2D eigenvalue weighted by Gasteiger charge is -2.01. The third-order valence-corrected chi connectivity index (χ3v) is 3.72. The average molecular weight is 289 g/mol. The maximum atomic E-state index is 13.5. The summed E-state index contributed by atoms with van der Waals surface area (Å²) in [5, 5.41) is 0.317. The highest BCUT2D eigenvalue weighted by atomic mass is 35.5. The highest BCUT2D eigenvalue weighted by molar-refractivity contribution is 7.18. The second-order valence-electron chi connectivity index (χ2n) is 3.44. The molecule has 1 aromatic carbocycles. The van der Waals surface area contributed by atoms with Gasteiger partial charge in [-0.25, -0.2) is 4.39 Å². The molecule has 0 aliphatic rings. The normalized spacial score (nSPS) is 10.5. The number of carbonyl (C=O) groups excluding carboxylic acids is 1. The van der Waals surface area contributed by atoms with Crippen molar-refractivity contribution in [2.75, 3.05) is 0 Å². The molecule has 0 atom stereocenters. The number of ketones is 1. The molecule has 1 aromatic heterocycles. The molecule has 0 radical (unpaired) electrons. The van der Waals surface area contributed by atoms with Crippen LogP contribution in [-0.4, -0.2) is 5.78 Å². The van der Waals surface area contributed by atoms with Gasteiger partial charge < -0.3 is 0 Å². The Labute approximate surface area is 112 Å². The zero-order chi connectivity index (χ0) is 12.4. The summed E-state index contributed by atoms with van der Waals surface area (Å²) >= 11 is 12.6. The van der Waals surface area contributed by atoms with E-state index in [1.165, 1.54) is 23.5 Å². The van der Waals surface area contributed by atoms with Crippen LogP contribution in [0.2, 0.25) is 9.36 Å². The van der Waals surface area contributed by atoms with E-state index in [1.54, 1.807) is 18.2 Å². The van der Waals surface area contributed by atoms with Gasteiger partial charge in [0.05, 0.1) is 9.21 Å². The SMILES string of the molecule is O=C(Cc1ccc(Cl)cc1F)c1ccc(Cl)s1. The Hall–Kier alpha value is -0.900. The summed E-state index contributed by atoms with van der Waals surface area (Å²) in [6.45, 7) is 0. The van der Waals surface area contributed by atoms with Crippen LogP contribution >= 0.6 is 34.5 Å². The van der Waals surface area contributed by atoms with Crippen molar-refractivity contribution in [3.63, 3.8) is 0 Å². The Morgan fingerprint density at radius 1 is 1.24 bits per heavy atom. The van der Waals surface area contributed by atoms with E-state index in [0.717, 1.165) is 0 Å².